The predicted octanol–water partition coefficient (Wildman–Crippen LogP) is 12.3. The third-order valence-corrected chi connectivity index (χ3v) is 13.7. The lowest BCUT2D eigenvalue weighted by atomic mass is 9.82. The van der Waals surface area contributed by atoms with Crippen molar-refractivity contribution in [1.82, 2.24) is 0 Å². The van der Waals surface area contributed by atoms with Gasteiger partial charge in [0.25, 0.3) is 0 Å². The van der Waals surface area contributed by atoms with Crippen molar-refractivity contribution in [1.29, 1.82) is 0 Å². The van der Waals surface area contributed by atoms with Gasteiger partial charge in [-0.15, -0.1) is 0 Å². The highest BCUT2D eigenvalue weighted by Crippen LogP contribution is 2.49. The van der Waals surface area contributed by atoms with Crippen LogP contribution in [0.5, 0.6) is 0 Å². The number of nitrogens with two attached hydrogens (primary N) is 4. The normalized spacial score (nSPS) is 39.7. The topological polar surface area (TPSA) is 172 Å². The Hall–Kier alpha value is -5.41. The number of fused-ring (bicyclic) bond motifs is 8. The molecule has 4 atom stereocenters. The molecule has 0 aliphatic heterocycles. The summed E-state index contributed by atoms with van der Waals surface area (Å²) < 4.78 is 246. The third kappa shape index (κ3) is 9.93. The van der Waals surface area contributed by atoms with Gasteiger partial charge < -0.3 is 22.9 Å². The second-order valence-corrected chi connectivity index (χ2v) is 18.6. The van der Waals surface area contributed by atoms with Crippen molar-refractivity contribution >= 4 is 80.7 Å². The second-order valence-electron chi connectivity index (χ2n) is 17.3. The monoisotopic (exact) mass is 1040 g/mol. The number of benzene rings is 4. The lowest BCUT2D eigenvalue weighted by Gasteiger charge is -2.22. The van der Waals surface area contributed by atoms with E-state index in [1.165, 1.54) is 12.1 Å². The first kappa shape index (κ1) is 25.5. The zero-order valence-corrected chi connectivity index (χ0v) is 40.7. The Morgan fingerprint density at radius 2 is 1.01 bits per heavy atom. The van der Waals surface area contributed by atoms with E-state index in [4.69, 9.17) is 98.9 Å². The molecule has 71 heavy (non-hydrogen) atoms. The van der Waals surface area contributed by atoms with Crippen LogP contribution >= 0.6 is 34.8 Å². The van der Waals surface area contributed by atoms with Crippen LogP contribution < -0.4 is 22.9 Å². The first-order valence-electron chi connectivity index (χ1n) is 37.0. The van der Waals surface area contributed by atoms with Crippen LogP contribution in [0.15, 0.2) is 76.8 Å². The number of carbonyl (C=O) groups is 4. The fourth-order valence-electron chi connectivity index (χ4n) is 9.34. The van der Waals surface area contributed by atoms with Crippen molar-refractivity contribution in [3.05, 3.63) is 159 Å². The molecule has 370 valence electrons. The van der Waals surface area contributed by atoms with Gasteiger partial charge in [0, 0.05) is 52.1 Å². The van der Waals surface area contributed by atoms with Crippen LogP contribution in [-0.2, 0) is 44.9 Å². The van der Waals surface area contributed by atoms with E-state index >= 15 is 0 Å². The number of allylic oxidation sites excluding steroid dienone is 4. The minimum atomic E-state index is -3.20. The smallest absolute Gasteiger partial charge is 0.224 e. The van der Waals surface area contributed by atoms with E-state index in [0.29, 0.717) is 60.1 Å². The lowest BCUT2D eigenvalue weighted by Crippen LogP contribution is -2.27. The van der Waals surface area contributed by atoms with Crippen molar-refractivity contribution in [2.24, 2.45) is 46.5 Å². The standard InChI is InChI=1S/3C15H16ClNO.C15H17NO/c2*1-8-5-9-6-13-10(12(9)7-14(8)16)3-2-4-11(13)15(17)18;1-8-5-9(16)6-13-10-3-2-4-11(15(17)18)14(10)7-12(8)13;1-9-5-6-10-8-14-11(13(10)7-9)3-2-4-12(14)15(16)17/h2*5,7,11H,2-4,6H2,1H3,(H2,17,18);5-6,11H,2-4,7H2,1H3,(H2,17,18);5-7,12H,2-4,8H2,1H3,(H2,16,17)/i2D2,3D2,4D2,5D,7D;2*2D2,3D2,4D2,11D;2D2,3D2,4D2,7D,12D. The van der Waals surface area contributed by atoms with Gasteiger partial charge in [-0.25, -0.2) is 0 Å². The summed E-state index contributed by atoms with van der Waals surface area (Å²) in [4.78, 5) is 48.2. The Balaban J connectivity index is 0.000000157. The van der Waals surface area contributed by atoms with Crippen LogP contribution in [0.25, 0.3) is 22.3 Å². The van der Waals surface area contributed by atoms with Crippen molar-refractivity contribution in [2.75, 3.05) is 0 Å². The van der Waals surface area contributed by atoms with Crippen LogP contribution in [0.3, 0.4) is 0 Å². The van der Waals surface area contributed by atoms with E-state index in [2.05, 4.69) is 0 Å². The average Bonchev–Trinajstić information content (AvgIpc) is 1.66. The summed E-state index contributed by atoms with van der Waals surface area (Å²) in [7, 11) is 0. The van der Waals surface area contributed by atoms with E-state index in [9.17, 15) is 19.2 Å². The van der Waals surface area contributed by atoms with Gasteiger partial charge in [-0.05, 0) is 260 Å². The highest BCUT2D eigenvalue weighted by molar-refractivity contribution is 6.32. The summed E-state index contributed by atoms with van der Waals surface area (Å²) in [5, 5.41) is 0.597. The zero-order valence-electron chi connectivity index (χ0n) is 68.4. The molecular formula is C60H65Cl3N4O4. The number of primary amides is 4. The van der Waals surface area contributed by atoms with Gasteiger partial charge in [0.05, 0.1) is 27.7 Å². The molecule has 11 heteroatoms. The quantitative estimate of drug-likeness (QED) is 0.159. The van der Waals surface area contributed by atoms with E-state index in [-0.39, 0.29) is 110 Å². The molecule has 8 aliphatic rings. The molecule has 0 bridgehead atoms. The zero-order chi connectivity index (χ0) is 77.5. The highest BCUT2D eigenvalue weighted by atomic mass is 35.5. The van der Waals surface area contributed by atoms with Crippen molar-refractivity contribution < 1.29 is 60.3 Å². The fraction of sp³-hybridized carbons (Fsp3) is 0.400. The first-order valence-corrected chi connectivity index (χ1v) is 23.1. The van der Waals surface area contributed by atoms with Crippen LogP contribution in [0.4, 0.5) is 0 Å². The van der Waals surface area contributed by atoms with Gasteiger partial charge in [0.15, 0.2) is 0 Å². The number of hydrogen-bond acceptors (Lipinski definition) is 4. The summed E-state index contributed by atoms with van der Waals surface area (Å²) in [5.74, 6) is -15.1. The highest BCUT2D eigenvalue weighted by Gasteiger charge is 2.37. The number of amides is 4. The molecule has 0 saturated heterocycles. The minimum absolute atomic E-state index is 0.0127. The first-order chi connectivity index (χ1) is 45.3. The summed E-state index contributed by atoms with van der Waals surface area (Å²) in [6.45, 7) is 6.67. The maximum atomic E-state index is 12.1. The maximum absolute atomic E-state index is 12.1. The van der Waals surface area contributed by atoms with Crippen molar-refractivity contribution in [3.63, 3.8) is 0 Å². The Kier molecular flexibility index (Phi) is 7.40. The number of halogens is 3. The van der Waals surface area contributed by atoms with Crippen molar-refractivity contribution in [2.45, 2.75) is 130 Å². The molecule has 0 fully saturated rings. The molecule has 0 saturated carbocycles. The molecule has 4 unspecified atom stereocenters. The molecule has 0 aromatic heterocycles. The number of aryl methyl sites for hydroxylation is 3. The molecule has 4 amide bonds. The number of carbonyl (C=O) groups excluding carboxylic acids is 4. The van der Waals surface area contributed by atoms with Crippen molar-refractivity contribution in [3.8, 4) is 0 Å². The fourth-order valence-corrected chi connectivity index (χ4v) is 9.91. The molecule has 0 heterocycles. The minimum Gasteiger partial charge on any atom is -0.369 e. The molecular weight excluding hydrogens is 947 g/mol. The number of rotatable bonds is 4. The lowest BCUT2D eigenvalue weighted by molar-refractivity contribution is -0.121. The largest absolute Gasteiger partial charge is 0.369 e. The van der Waals surface area contributed by atoms with Gasteiger partial charge >= 0.3 is 0 Å². The van der Waals surface area contributed by atoms with E-state index < -0.39 is 124 Å². The van der Waals surface area contributed by atoms with Crippen LogP contribution in [0.1, 0.15) is 184 Å². The third-order valence-electron chi connectivity index (χ3n) is 12.7. The van der Waals surface area contributed by atoms with Crippen LogP contribution in [-0.4, -0.2) is 23.6 Å². The van der Waals surface area contributed by atoms with Crippen LogP contribution in [0, 0.1) is 51.3 Å². The predicted molar refractivity (Wildman–Crippen MR) is 288 cm³/mol. The molecule has 4 aromatic carbocycles. The van der Waals surface area contributed by atoms with E-state index in [1.54, 1.807) is 52.0 Å². The SMILES string of the molecule is [2H]C1([2H])C2=C(Cc3c(C)cc(Cl)cc32)C([2H])(C(N)=O)C([2H])([2H])C1([2H])[2H].[2H]C1([2H])C2=C(Cc3cc(C)c(Cl)cc32)C([2H])(C(N)=O)C([2H])([2H])C1([2H])[2H].[2H]c1c(C)c(Cl)c([2H])c2c1CC1=C2C([2H])([2H])C([2H])([2H])C([2H])([2H])C1C(N)=O.[2H]c1c(C)ccc2c1C1=C(C2)C([2H])(C(N)=O)C([2H])([2H])C([2H])([2H])C1([2H])[2H]. The molecule has 4 aromatic rings. The molecule has 12 rings (SSSR count). The summed E-state index contributed by atoms with van der Waals surface area (Å²) in [6, 6.07) is 9.23. The Labute approximate surface area is 475 Å². The van der Waals surface area contributed by atoms with Gasteiger partial charge in [0.2, 0.25) is 23.6 Å². The van der Waals surface area contributed by atoms with E-state index in [1.807, 2.05) is 0 Å². The van der Waals surface area contributed by atoms with Gasteiger partial charge in [0.1, 0.15) is 0 Å². The molecule has 8 nitrogen and oxygen atoms in total. The van der Waals surface area contributed by atoms with Gasteiger partial charge in [-0.1, -0.05) is 70.7 Å². The van der Waals surface area contributed by atoms with Gasteiger partial charge in [-0.3, -0.25) is 19.2 Å². The molecule has 0 radical (unpaired) electrons. The molecule has 8 aliphatic carbocycles. The Bertz CT molecular complexity index is 4560. The average molecular weight is 1040 g/mol. The van der Waals surface area contributed by atoms with E-state index in [0.717, 1.165) is 0 Å². The Morgan fingerprint density at radius 1 is 0.507 bits per heavy atom. The Morgan fingerprint density at radius 3 is 1.61 bits per heavy atom. The summed E-state index contributed by atoms with van der Waals surface area (Å²) >= 11 is 18.3. The van der Waals surface area contributed by atoms with Crippen LogP contribution in [0.2, 0.25) is 15.1 Å². The maximum Gasteiger partial charge on any atom is 0.224 e. The molecule has 0 spiro atoms. The number of hydrogen-bond donors (Lipinski definition) is 4. The summed E-state index contributed by atoms with van der Waals surface area (Å²) in [6.07, 6.45) is -36.6. The summed E-state index contributed by atoms with van der Waals surface area (Å²) in [5.41, 5.74) is 24.7. The second kappa shape index (κ2) is 20.6. The molecule has 8 N–H and O–H groups in total. The van der Waals surface area contributed by atoms with Gasteiger partial charge in [-0.2, -0.15) is 0 Å².